The summed E-state index contributed by atoms with van der Waals surface area (Å²) >= 11 is 0. The first-order valence-corrected chi connectivity index (χ1v) is 8.19. The van der Waals surface area contributed by atoms with Crippen molar-refractivity contribution in [2.75, 3.05) is 11.9 Å². The van der Waals surface area contributed by atoms with E-state index in [0.29, 0.717) is 13.0 Å². The van der Waals surface area contributed by atoms with E-state index in [1.54, 1.807) is 0 Å². The molecule has 1 heterocycles. The van der Waals surface area contributed by atoms with Gasteiger partial charge in [-0.05, 0) is 57.7 Å². The zero-order valence-electron chi connectivity index (χ0n) is 14.4. The zero-order valence-corrected chi connectivity index (χ0v) is 14.4. The van der Waals surface area contributed by atoms with Crippen LogP contribution >= 0.6 is 0 Å². The Morgan fingerprint density at radius 3 is 2.48 bits per heavy atom. The van der Waals surface area contributed by atoms with Crippen LogP contribution in [0.15, 0.2) is 24.3 Å². The van der Waals surface area contributed by atoms with Crippen LogP contribution in [0.4, 0.5) is 10.5 Å². The summed E-state index contributed by atoms with van der Waals surface area (Å²) in [7, 11) is 0. The first kappa shape index (κ1) is 17.3. The maximum Gasteiger partial charge on any atom is 0.410 e. The lowest BCUT2D eigenvalue weighted by Crippen LogP contribution is -2.45. The topological polar surface area (TPSA) is 58.6 Å². The van der Waals surface area contributed by atoms with Crippen molar-refractivity contribution in [3.63, 3.8) is 0 Å². The summed E-state index contributed by atoms with van der Waals surface area (Å²) in [4.78, 5) is 26.3. The van der Waals surface area contributed by atoms with E-state index < -0.39 is 17.7 Å². The number of ether oxygens (including phenoxy) is 1. The average Bonchev–Trinajstić information content (AvgIpc) is 2.96. The monoisotopic (exact) mass is 318 g/mol. The number of anilines is 1. The molecule has 1 aliphatic rings. The number of hydrogen-bond donors (Lipinski definition) is 1. The predicted octanol–water partition coefficient (Wildman–Crippen LogP) is 3.59. The van der Waals surface area contributed by atoms with E-state index in [0.717, 1.165) is 18.5 Å². The minimum absolute atomic E-state index is 0.155. The molecule has 126 valence electrons. The number of hydrogen-bond acceptors (Lipinski definition) is 3. The Balaban J connectivity index is 2.00. The van der Waals surface area contributed by atoms with Crippen LogP contribution < -0.4 is 5.32 Å². The van der Waals surface area contributed by atoms with Gasteiger partial charge in [-0.2, -0.15) is 0 Å². The number of aryl methyl sites for hydroxylation is 1. The van der Waals surface area contributed by atoms with Crippen LogP contribution in [0.25, 0.3) is 0 Å². The summed E-state index contributed by atoms with van der Waals surface area (Å²) in [5.74, 6) is -0.155. The van der Waals surface area contributed by atoms with Crippen molar-refractivity contribution >= 4 is 17.7 Å². The number of likely N-dealkylation sites (tertiary alicyclic amines) is 1. The summed E-state index contributed by atoms with van der Waals surface area (Å²) in [5, 5.41) is 2.89. The van der Waals surface area contributed by atoms with Crippen molar-refractivity contribution in [3.8, 4) is 0 Å². The van der Waals surface area contributed by atoms with E-state index in [1.807, 2.05) is 45.0 Å². The maximum absolute atomic E-state index is 12.5. The number of nitrogens with one attached hydrogen (secondary N) is 1. The lowest BCUT2D eigenvalue weighted by molar-refractivity contribution is -0.120. The van der Waals surface area contributed by atoms with Crippen LogP contribution in [0.2, 0.25) is 0 Å². The average molecular weight is 318 g/mol. The summed E-state index contributed by atoms with van der Waals surface area (Å²) in [6.07, 6.45) is 2.02. The Morgan fingerprint density at radius 1 is 1.26 bits per heavy atom. The molecule has 1 aromatic rings. The third kappa shape index (κ3) is 4.71. The first-order valence-electron chi connectivity index (χ1n) is 8.19. The fraction of sp³-hybridized carbons (Fsp3) is 0.556. The Bertz CT molecular complexity index is 561. The number of carbonyl (C=O) groups excluding carboxylic acids is 2. The normalized spacial score (nSPS) is 17.9. The van der Waals surface area contributed by atoms with Crippen LogP contribution in [0.3, 0.4) is 0 Å². The minimum atomic E-state index is -0.559. The second-order valence-corrected chi connectivity index (χ2v) is 6.87. The fourth-order valence-electron chi connectivity index (χ4n) is 2.63. The molecule has 0 aromatic heterocycles. The number of rotatable bonds is 3. The van der Waals surface area contributed by atoms with Gasteiger partial charge in [-0.1, -0.05) is 19.1 Å². The number of nitrogens with zero attached hydrogens (tertiary/aromatic N) is 1. The van der Waals surface area contributed by atoms with Gasteiger partial charge in [0.2, 0.25) is 5.91 Å². The van der Waals surface area contributed by atoms with Crippen molar-refractivity contribution in [1.82, 2.24) is 4.90 Å². The Labute approximate surface area is 138 Å². The molecule has 0 spiro atoms. The van der Waals surface area contributed by atoms with Gasteiger partial charge in [0.05, 0.1) is 0 Å². The number of carbonyl (C=O) groups is 2. The highest BCUT2D eigenvalue weighted by atomic mass is 16.6. The van der Waals surface area contributed by atoms with E-state index >= 15 is 0 Å². The highest BCUT2D eigenvalue weighted by molar-refractivity contribution is 5.96. The van der Waals surface area contributed by atoms with Crippen LogP contribution in [0, 0.1) is 0 Å². The molecule has 1 N–H and O–H groups in total. The standard InChI is InChI=1S/C18H26N2O3/c1-5-13-8-10-14(11-9-13)19-16(21)15-7-6-12-20(15)17(22)23-18(2,3)4/h8-11,15H,5-7,12H2,1-4H3,(H,19,21)/t15-/m1/s1. The molecule has 1 aromatic carbocycles. The molecular weight excluding hydrogens is 292 g/mol. The molecule has 23 heavy (non-hydrogen) atoms. The van der Waals surface area contributed by atoms with Crippen molar-refractivity contribution in [3.05, 3.63) is 29.8 Å². The first-order chi connectivity index (χ1) is 10.8. The molecule has 0 unspecified atom stereocenters. The highest BCUT2D eigenvalue weighted by Crippen LogP contribution is 2.22. The van der Waals surface area contributed by atoms with E-state index in [2.05, 4.69) is 12.2 Å². The van der Waals surface area contributed by atoms with Crippen molar-refractivity contribution in [2.45, 2.75) is 58.6 Å². The van der Waals surface area contributed by atoms with Gasteiger partial charge in [0, 0.05) is 12.2 Å². The van der Waals surface area contributed by atoms with Crippen molar-refractivity contribution in [1.29, 1.82) is 0 Å². The molecule has 0 saturated carbocycles. The summed E-state index contributed by atoms with van der Waals surface area (Å²) in [6, 6.07) is 7.31. The Kier molecular flexibility index (Phi) is 5.29. The molecular formula is C18H26N2O3. The lowest BCUT2D eigenvalue weighted by atomic mass is 10.1. The van der Waals surface area contributed by atoms with Crippen molar-refractivity contribution < 1.29 is 14.3 Å². The Hall–Kier alpha value is -2.04. The maximum atomic E-state index is 12.5. The van der Waals surface area contributed by atoms with E-state index in [4.69, 9.17) is 4.74 Å². The molecule has 5 nitrogen and oxygen atoms in total. The smallest absolute Gasteiger partial charge is 0.410 e. The largest absolute Gasteiger partial charge is 0.444 e. The van der Waals surface area contributed by atoms with Gasteiger partial charge in [-0.3, -0.25) is 9.69 Å². The third-order valence-electron chi connectivity index (χ3n) is 3.81. The highest BCUT2D eigenvalue weighted by Gasteiger charge is 2.36. The van der Waals surface area contributed by atoms with Gasteiger partial charge in [0.15, 0.2) is 0 Å². The molecule has 0 bridgehead atoms. The van der Waals surface area contributed by atoms with Crippen LogP contribution in [-0.4, -0.2) is 35.1 Å². The molecule has 2 amide bonds. The van der Waals surface area contributed by atoms with Gasteiger partial charge < -0.3 is 10.1 Å². The minimum Gasteiger partial charge on any atom is -0.444 e. The van der Waals surface area contributed by atoms with E-state index in [9.17, 15) is 9.59 Å². The molecule has 5 heteroatoms. The molecule has 1 saturated heterocycles. The molecule has 0 aliphatic carbocycles. The predicted molar refractivity (Wildman–Crippen MR) is 90.4 cm³/mol. The quantitative estimate of drug-likeness (QED) is 0.926. The van der Waals surface area contributed by atoms with Gasteiger partial charge >= 0.3 is 6.09 Å². The van der Waals surface area contributed by atoms with Crippen LogP contribution in [0.1, 0.15) is 46.1 Å². The van der Waals surface area contributed by atoms with Gasteiger partial charge in [0.1, 0.15) is 11.6 Å². The van der Waals surface area contributed by atoms with Gasteiger partial charge in [-0.25, -0.2) is 4.79 Å². The van der Waals surface area contributed by atoms with E-state index in [-0.39, 0.29) is 5.91 Å². The van der Waals surface area contributed by atoms with E-state index in [1.165, 1.54) is 10.5 Å². The van der Waals surface area contributed by atoms with Gasteiger partial charge in [0.25, 0.3) is 0 Å². The number of amides is 2. The summed E-state index contributed by atoms with van der Waals surface area (Å²) in [6.45, 7) is 8.12. The molecule has 2 rings (SSSR count). The summed E-state index contributed by atoms with van der Waals surface area (Å²) in [5.41, 5.74) is 1.42. The zero-order chi connectivity index (χ0) is 17.0. The second kappa shape index (κ2) is 7.02. The molecule has 1 aliphatic heterocycles. The third-order valence-corrected chi connectivity index (χ3v) is 3.81. The van der Waals surface area contributed by atoms with Gasteiger partial charge in [-0.15, -0.1) is 0 Å². The molecule has 1 atom stereocenters. The number of benzene rings is 1. The fourth-order valence-corrected chi connectivity index (χ4v) is 2.63. The molecule has 1 fully saturated rings. The lowest BCUT2D eigenvalue weighted by Gasteiger charge is -2.28. The Morgan fingerprint density at radius 2 is 1.91 bits per heavy atom. The molecule has 0 radical (unpaired) electrons. The van der Waals surface area contributed by atoms with Crippen LogP contribution in [0.5, 0.6) is 0 Å². The van der Waals surface area contributed by atoms with Crippen LogP contribution in [-0.2, 0) is 16.0 Å². The van der Waals surface area contributed by atoms with Crippen molar-refractivity contribution in [2.24, 2.45) is 0 Å². The summed E-state index contributed by atoms with van der Waals surface area (Å²) < 4.78 is 5.39. The second-order valence-electron chi connectivity index (χ2n) is 6.87. The SMILES string of the molecule is CCc1ccc(NC(=O)[C@H]2CCCN2C(=O)OC(C)(C)C)cc1.